The van der Waals surface area contributed by atoms with Crippen LogP contribution in [-0.4, -0.2) is 22.9 Å². The van der Waals surface area contributed by atoms with Gasteiger partial charge < -0.3 is 10.6 Å². The molecule has 2 unspecified atom stereocenters. The van der Waals surface area contributed by atoms with Gasteiger partial charge in [0.2, 0.25) is 0 Å². The Morgan fingerprint density at radius 2 is 2.19 bits per heavy atom. The van der Waals surface area contributed by atoms with Gasteiger partial charge in [0, 0.05) is 18.7 Å². The van der Waals surface area contributed by atoms with E-state index in [0.29, 0.717) is 6.04 Å². The van der Waals surface area contributed by atoms with Gasteiger partial charge in [-0.2, -0.15) is 5.10 Å². The third-order valence-electron chi connectivity index (χ3n) is 4.37. The number of aromatic nitrogens is 2. The van der Waals surface area contributed by atoms with Gasteiger partial charge in [0.15, 0.2) is 5.82 Å². The molecule has 2 aliphatic heterocycles. The Kier molecular flexibility index (Phi) is 1.75. The van der Waals surface area contributed by atoms with Gasteiger partial charge >= 0.3 is 0 Å². The van der Waals surface area contributed by atoms with Gasteiger partial charge in [-0.05, 0) is 31.6 Å². The first kappa shape index (κ1) is 8.90. The summed E-state index contributed by atoms with van der Waals surface area (Å²) in [4.78, 5) is 0. The van der Waals surface area contributed by atoms with Crippen LogP contribution in [0.2, 0.25) is 0 Å². The molecular weight excluding hydrogens is 200 g/mol. The molecular formula is C12H18N4. The Hall–Kier alpha value is -1.19. The number of fused-ring (bicyclic) bond motifs is 5. The van der Waals surface area contributed by atoms with Gasteiger partial charge in [0.05, 0.1) is 6.04 Å². The monoisotopic (exact) mass is 218 g/mol. The van der Waals surface area contributed by atoms with Crippen LogP contribution in [0.4, 0.5) is 11.6 Å². The van der Waals surface area contributed by atoms with E-state index in [0.717, 1.165) is 24.8 Å². The first-order valence-electron chi connectivity index (χ1n) is 6.52. The van der Waals surface area contributed by atoms with Crippen LogP contribution in [0.15, 0.2) is 0 Å². The smallest absolute Gasteiger partial charge is 0.153 e. The van der Waals surface area contributed by atoms with E-state index < -0.39 is 0 Å². The summed E-state index contributed by atoms with van der Waals surface area (Å²) < 4.78 is 2.28. The van der Waals surface area contributed by atoms with Crippen LogP contribution in [0.3, 0.4) is 0 Å². The molecule has 4 nitrogen and oxygen atoms in total. The van der Waals surface area contributed by atoms with Gasteiger partial charge in [-0.3, -0.25) is 0 Å². The molecule has 86 valence electrons. The fourth-order valence-corrected chi connectivity index (χ4v) is 3.55. The molecule has 1 fully saturated rings. The van der Waals surface area contributed by atoms with E-state index in [1.165, 1.54) is 43.5 Å². The van der Waals surface area contributed by atoms with Crippen molar-refractivity contribution in [1.29, 1.82) is 0 Å². The molecule has 3 heterocycles. The van der Waals surface area contributed by atoms with E-state index in [1.807, 2.05) is 0 Å². The number of anilines is 2. The average Bonchev–Trinajstić information content (AvgIpc) is 2.92. The molecule has 4 rings (SSSR count). The zero-order valence-corrected chi connectivity index (χ0v) is 9.50. The molecule has 1 saturated carbocycles. The highest BCUT2D eigenvalue weighted by Gasteiger charge is 2.36. The predicted octanol–water partition coefficient (Wildman–Crippen LogP) is 2.01. The zero-order chi connectivity index (χ0) is 10.5. The molecule has 4 heteroatoms. The Labute approximate surface area is 95.4 Å². The lowest BCUT2D eigenvalue weighted by atomic mass is 10.0. The summed E-state index contributed by atoms with van der Waals surface area (Å²) in [5, 5.41) is 11.8. The van der Waals surface area contributed by atoms with Crippen molar-refractivity contribution in [2.75, 3.05) is 23.7 Å². The van der Waals surface area contributed by atoms with Crippen molar-refractivity contribution in [3.63, 3.8) is 0 Å². The summed E-state index contributed by atoms with van der Waals surface area (Å²) in [5.74, 6) is 3.26. The first-order chi connectivity index (χ1) is 7.93. The zero-order valence-electron chi connectivity index (χ0n) is 9.50. The van der Waals surface area contributed by atoms with E-state index in [-0.39, 0.29) is 0 Å². The van der Waals surface area contributed by atoms with Gasteiger partial charge in [0.25, 0.3) is 0 Å². The van der Waals surface area contributed by atoms with Crippen LogP contribution >= 0.6 is 0 Å². The van der Waals surface area contributed by atoms with Crippen molar-refractivity contribution in [3.05, 3.63) is 5.56 Å². The SMILES string of the molecule is C1CNc2nn3c(c2C1)NCC1CCCC13. The molecule has 16 heavy (non-hydrogen) atoms. The summed E-state index contributed by atoms with van der Waals surface area (Å²) in [6, 6.07) is 0.670. The van der Waals surface area contributed by atoms with E-state index in [9.17, 15) is 0 Å². The molecule has 2 atom stereocenters. The Bertz CT molecular complexity index is 423. The molecule has 1 aromatic heterocycles. The molecule has 1 aliphatic carbocycles. The van der Waals surface area contributed by atoms with Crippen LogP contribution in [0.25, 0.3) is 0 Å². The van der Waals surface area contributed by atoms with Crippen LogP contribution in [0, 0.1) is 5.92 Å². The van der Waals surface area contributed by atoms with Crippen LogP contribution in [0.5, 0.6) is 0 Å². The van der Waals surface area contributed by atoms with Gasteiger partial charge in [-0.15, -0.1) is 0 Å². The molecule has 0 radical (unpaired) electrons. The van der Waals surface area contributed by atoms with E-state index in [4.69, 9.17) is 5.10 Å². The highest BCUT2D eigenvalue weighted by atomic mass is 15.4. The number of hydrogen-bond acceptors (Lipinski definition) is 3. The second kappa shape index (κ2) is 3.15. The maximum Gasteiger partial charge on any atom is 0.153 e. The van der Waals surface area contributed by atoms with Crippen molar-refractivity contribution in [2.45, 2.75) is 38.1 Å². The average molecular weight is 218 g/mol. The number of nitrogens with zero attached hydrogens (tertiary/aromatic N) is 2. The van der Waals surface area contributed by atoms with Gasteiger partial charge in [0.1, 0.15) is 5.82 Å². The lowest BCUT2D eigenvalue weighted by molar-refractivity contribution is 0.348. The molecule has 0 saturated heterocycles. The topological polar surface area (TPSA) is 41.9 Å². The second-order valence-electron chi connectivity index (χ2n) is 5.29. The van der Waals surface area contributed by atoms with Crippen molar-refractivity contribution in [1.82, 2.24) is 9.78 Å². The lowest BCUT2D eigenvalue weighted by Gasteiger charge is -2.29. The molecule has 3 aliphatic rings. The third kappa shape index (κ3) is 1.07. The fourth-order valence-electron chi connectivity index (χ4n) is 3.55. The molecule has 1 aromatic rings. The number of hydrogen-bond donors (Lipinski definition) is 2. The number of nitrogens with one attached hydrogen (secondary N) is 2. The third-order valence-corrected chi connectivity index (χ3v) is 4.37. The van der Waals surface area contributed by atoms with E-state index in [2.05, 4.69) is 15.3 Å². The standard InChI is InChI=1S/C12H18N4/c1-3-8-7-14-12-9-4-2-6-13-11(9)15-16(12)10(8)5-1/h8,10,14H,1-7H2,(H,13,15). The highest BCUT2D eigenvalue weighted by Crippen LogP contribution is 2.43. The van der Waals surface area contributed by atoms with Crippen LogP contribution < -0.4 is 10.6 Å². The van der Waals surface area contributed by atoms with E-state index >= 15 is 0 Å². The second-order valence-corrected chi connectivity index (χ2v) is 5.29. The Morgan fingerprint density at radius 1 is 1.19 bits per heavy atom. The van der Waals surface area contributed by atoms with Crippen molar-refractivity contribution >= 4 is 11.6 Å². The van der Waals surface area contributed by atoms with Crippen molar-refractivity contribution in [2.24, 2.45) is 5.92 Å². The number of rotatable bonds is 0. The minimum Gasteiger partial charge on any atom is -0.370 e. The minimum atomic E-state index is 0.670. The Balaban J connectivity index is 1.82. The first-order valence-corrected chi connectivity index (χ1v) is 6.52. The summed E-state index contributed by atoms with van der Waals surface area (Å²) in [6.45, 7) is 2.24. The van der Waals surface area contributed by atoms with Crippen molar-refractivity contribution in [3.8, 4) is 0 Å². The maximum atomic E-state index is 4.78. The Morgan fingerprint density at radius 3 is 3.19 bits per heavy atom. The van der Waals surface area contributed by atoms with Gasteiger partial charge in [-0.25, -0.2) is 4.68 Å². The predicted molar refractivity (Wildman–Crippen MR) is 63.9 cm³/mol. The molecule has 2 N–H and O–H groups in total. The minimum absolute atomic E-state index is 0.670. The summed E-state index contributed by atoms with van der Waals surface area (Å²) in [7, 11) is 0. The van der Waals surface area contributed by atoms with E-state index in [1.54, 1.807) is 0 Å². The quantitative estimate of drug-likeness (QED) is 0.700. The van der Waals surface area contributed by atoms with Crippen molar-refractivity contribution < 1.29 is 0 Å². The van der Waals surface area contributed by atoms with Crippen LogP contribution in [0.1, 0.15) is 37.3 Å². The van der Waals surface area contributed by atoms with Gasteiger partial charge in [-0.1, -0.05) is 6.42 Å². The lowest BCUT2D eigenvalue weighted by Crippen LogP contribution is -2.29. The molecule has 0 bridgehead atoms. The highest BCUT2D eigenvalue weighted by molar-refractivity contribution is 5.61. The van der Waals surface area contributed by atoms with Crippen LogP contribution in [-0.2, 0) is 6.42 Å². The maximum absolute atomic E-state index is 4.78. The summed E-state index contributed by atoms with van der Waals surface area (Å²) in [5.41, 5.74) is 1.43. The fraction of sp³-hybridized carbons (Fsp3) is 0.750. The molecule has 0 aromatic carbocycles. The summed E-state index contributed by atoms with van der Waals surface area (Å²) >= 11 is 0. The molecule has 0 amide bonds. The normalized spacial score (nSPS) is 31.0. The molecule has 0 spiro atoms. The largest absolute Gasteiger partial charge is 0.370 e. The summed E-state index contributed by atoms with van der Waals surface area (Å²) in [6.07, 6.45) is 6.48.